The molecule has 3 rings (SSSR count). The van der Waals surface area contributed by atoms with Gasteiger partial charge in [0.05, 0.1) is 24.9 Å². The van der Waals surface area contributed by atoms with Crippen LogP contribution in [-0.2, 0) is 13.2 Å². The van der Waals surface area contributed by atoms with Crippen LogP contribution < -0.4 is 9.47 Å². The molecule has 7 heteroatoms. The standard InChI is InChI=1S/C22H23FN2O3S/c1-15(2)25(22(26)17-8-4-5-9-18(17)23)12-16-14-29-21(24-16)13-28-20-11-7-6-10-19(20)27-3/h4-11,14-15H,12-13H2,1-3H3. The summed E-state index contributed by atoms with van der Waals surface area (Å²) in [6.07, 6.45) is 0. The minimum absolute atomic E-state index is 0.0659. The van der Waals surface area contributed by atoms with Crippen molar-refractivity contribution in [2.75, 3.05) is 7.11 Å². The highest BCUT2D eigenvalue weighted by atomic mass is 32.1. The van der Waals surface area contributed by atoms with Crippen molar-refractivity contribution in [2.24, 2.45) is 0 Å². The van der Waals surface area contributed by atoms with E-state index in [9.17, 15) is 9.18 Å². The second-order valence-electron chi connectivity index (χ2n) is 6.68. The first-order valence-corrected chi connectivity index (χ1v) is 10.1. The summed E-state index contributed by atoms with van der Waals surface area (Å²) in [4.78, 5) is 19.0. The summed E-state index contributed by atoms with van der Waals surface area (Å²) in [6.45, 7) is 4.40. The molecule has 0 radical (unpaired) electrons. The van der Waals surface area contributed by atoms with E-state index in [2.05, 4.69) is 4.98 Å². The van der Waals surface area contributed by atoms with Gasteiger partial charge in [-0.05, 0) is 38.1 Å². The number of hydrogen-bond acceptors (Lipinski definition) is 5. The molecule has 0 aliphatic carbocycles. The Balaban J connectivity index is 1.68. The third-order valence-corrected chi connectivity index (χ3v) is 5.21. The molecule has 0 atom stereocenters. The van der Waals surface area contributed by atoms with Gasteiger partial charge in [0.1, 0.15) is 17.4 Å². The Bertz CT molecular complexity index is 974. The van der Waals surface area contributed by atoms with Crippen molar-refractivity contribution in [1.29, 1.82) is 0 Å². The molecule has 2 aromatic carbocycles. The molecular formula is C22H23FN2O3S. The summed E-state index contributed by atoms with van der Waals surface area (Å²) in [5, 5.41) is 2.68. The number of rotatable bonds is 8. The molecule has 5 nitrogen and oxygen atoms in total. The smallest absolute Gasteiger partial charge is 0.257 e. The molecule has 152 valence electrons. The van der Waals surface area contributed by atoms with E-state index in [0.29, 0.717) is 24.7 Å². The van der Waals surface area contributed by atoms with Crippen molar-refractivity contribution < 1.29 is 18.7 Å². The fraction of sp³-hybridized carbons (Fsp3) is 0.273. The van der Waals surface area contributed by atoms with Gasteiger partial charge in [-0.1, -0.05) is 24.3 Å². The van der Waals surface area contributed by atoms with Crippen molar-refractivity contribution in [1.82, 2.24) is 9.88 Å². The maximum Gasteiger partial charge on any atom is 0.257 e. The number of halogens is 1. The molecule has 0 fully saturated rings. The molecule has 0 saturated heterocycles. The van der Waals surface area contributed by atoms with Gasteiger partial charge >= 0.3 is 0 Å². The number of thiazole rings is 1. The Labute approximate surface area is 173 Å². The van der Waals surface area contributed by atoms with Gasteiger partial charge in [-0.2, -0.15) is 0 Å². The number of benzene rings is 2. The molecule has 1 amide bonds. The van der Waals surface area contributed by atoms with Crippen molar-refractivity contribution in [2.45, 2.75) is 33.0 Å². The van der Waals surface area contributed by atoms with E-state index in [1.54, 1.807) is 24.1 Å². The lowest BCUT2D eigenvalue weighted by Crippen LogP contribution is -2.37. The van der Waals surface area contributed by atoms with Crippen LogP contribution in [0.3, 0.4) is 0 Å². The molecule has 0 aliphatic heterocycles. The number of carbonyl (C=O) groups excluding carboxylic acids is 1. The number of carbonyl (C=O) groups is 1. The zero-order valence-corrected chi connectivity index (χ0v) is 17.4. The number of aromatic nitrogens is 1. The molecule has 0 N–H and O–H groups in total. The van der Waals surface area contributed by atoms with E-state index < -0.39 is 5.82 Å². The maximum absolute atomic E-state index is 14.0. The van der Waals surface area contributed by atoms with Gasteiger partial charge in [-0.25, -0.2) is 9.37 Å². The van der Waals surface area contributed by atoms with Gasteiger partial charge in [-0.15, -0.1) is 11.3 Å². The second-order valence-corrected chi connectivity index (χ2v) is 7.62. The van der Waals surface area contributed by atoms with Crippen LogP contribution in [0.5, 0.6) is 11.5 Å². The summed E-state index contributed by atoms with van der Waals surface area (Å²) >= 11 is 1.46. The lowest BCUT2D eigenvalue weighted by Gasteiger charge is -2.26. The van der Waals surface area contributed by atoms with E-state index in [1.165, 1.54) is 23.5 Å². The van der Waals surface area contributed by atoms with E-state index in [0.717, 1.165) is 10.7 Å². The summed E-state index contributed by atoms with van der Waals surface area (Å²) in [5.74, 6) is 0.432. The van der Waals surface area contributed by atoms with Gasteiger partial charge in [0, 0.05) is 11.4 Å². The Hall–Kier alpha value is -2.93. The Kier molecular flexibility index (Phi) is 6.82. The first-order valence-electron chi connectivity index (χ1n) is 9.24. The number of hydrogen-bond donors (Lipinski definition) is 0. The molecule has 3 aromatic rings. The number of nitrogens with zero attached hydrogens (tertiary/aromatic N) is 2. The largest absolute Gasteiger partial charge is 0.493 e. The average molecular weight is 415 g/mol. The fourth-order valence-electron chi connectivity index (χ4n) is 2.82. The SMILES string of the molecule is COc1ccccc1OCc1nc(CN(C(=O)c2ccccc2F)C(C)C)cs1. The van der Waals surface area contributed by atoms with Crippen LogP contribution in [0.25, 0.3) is 0 Å². The topological polar surface area (TPSA) is 51.7 Å². The van der Waals surface area contributed by atoms with Crippen molar-refractivity contribution in [3.8, 4) is 11.5 Å². The van der Waals surface area contributed by atoms with Crippen LogP contribution in [0.15, 0.2) is 53.9 Å². The number of methoxy groups -OCH3 is 1. The molecule has 0 saturated carbocycles. The summed E-state index contributed by atoms with van der Waals surface area (Å²) < 4.78 is 25.1. The quantitative estimate of drug-likeness (QED) is 0.525. The first-order chi connectivity index (χ1) is 14.0. The minimum Gasteiger partial charge on any atom is -0.493 e. The molecule has 1 heterocycles. The zero-order chi connectivity index (χ0) is 20.8. The first kappa shape index (κ1) is 20.8. The average Bonchev–Trinajstić information content (AvgIpc) is 3.18. The van der Waals surface area contributed by atoms with E-state index in [-0.39, 0.29) is 17.5 Å². The van der Waals surface area contributed by atoms with Crippen LogP contribution in [0.1, 0.15) is 34.9 Å². The lowest BCUT2D eigenvalue weighted by molar-refractivity contribution is 0.0683. The zero-order valence-electron chi connectivity index (χ0n) is 16.6. The molecule has 0 unspecified atom stereocenters. The highest BCUT2D eigenvalue weighted by Crippen LogP contribution is 2.27. The molecule has 0 bridgehead atoms. The van der Waals surface area contributed by atoms with Crippen LogP contribution in [-0.4, -0.2) is 28.9 Å². The van der Waals surface area contributed by atoms with E-state index in [1.807, 2.05) is 43.5 Å². The summed E-state index contributed by atoms with van der Waals surface area (Å²) in [6, 6.07) is 13.3. The second kappa shape index (κ2) is 9.52. The highest BCUT2D eigenvalue weighted by Gasteiger charge is 2.22. The van der Waals surface area contributed by atoms with Gasteiger partial charge < -0.3 is 14.4 Å². The normalized spacial score (nSPS) is 10.8. The summed E-state index contributed by atoms with van der Waals surface area (Å²) in [7, 11) is 1.59. The van der Waals surface area contributed by atoms with Crippen LogP contribution in [0.2, 0.25) is 0 Å². The van der Waals surface area contributed by atoms with Crippen LogP contribution in [0, 0.1) is 5.82 Å². The van der Waals surface area contributed by atoms with E-state index >= 15 is 0 Å². The Morgan fingerprint density at radius 1 is 1.14 bits per heavy atom. The van der Waals surface area contributed by atoms with Crippen LogP contribution in [0.4, 0.5) is 4.39 Å². The third-order valence-electron chi connectivity index (χ3n) is 4.34. The van der Waals surface area contributed by atoms with Crippen molar-refractivity contribution >= 4 is 17.2 Å². The monoisotopic (exact) mass is 414 g/mol. The van der Waals surface area contributed by atoms with Crippen LogP contribution >= 0.6 is 11.3 Å². The molecule has 1 aromatic heterocycles. The summed E-state index contributed by atoms with van der Waals surface area (Å²) in [5.41, 5.74) is 0.808. The predicted molar refractivity (Wildman–Crippen MR) is 111 cm³/mol. The van der Waals surface area contributed by atoms with Gasteiger partial charge in [-0.3, -0.25) is 4.79 Å². The minimum atomic E-state index is -0.521. The van der Waals surface area contributed by atoms with E-state index in [4.69, 9.17) is 9.47 Å². The molecular weight excluding hydrogens is 391 g/mol. The highest BCUT2D eigenvalue weighted by molar-refractivity contribution is 7.09. The molecule has 0 spiro atoms. The maximum atomic E-state index is 14.0. The number of amides is 1. The van der Waals surface area contributed by atoms with Gasteiger partial charge in [0.25, 0.3) is 5.91 Å². The molecule has 29 heavy (non-hydrogen) atoms. The van der Waals surface area contributed by atoms with Crippen molar-refractivity contribution in [3.63, 3.8) is 0 Å². The van der Waals surface area contributed by atoms with Crippen molar-refractivity contribution in [3.05, 3.63) is 76.0 Å². The number of ether oxygens (including phenoxy) is 2. The Morgan fingerprint density at radius 3 is 2.52 bits per heavy atom. The lowest BCUT2D eigenvalue weighted by atomic mass is 10.1. The third kappa shape index (κ3) is 5.12. The number of para-hydroxylation sites is 2. The Morgan fingerprint density at radius 2 is 1.83 bits per heavy atom. The fourth-order valence-corrected chi connectivity index (χ4v) is 3.51. The van der Waals surface area contributed by atoms with Gasteiger partial charge in [0.15, 0.2) is 11.5 Å². The molecule has 0 aliphatic rings. The van der Waals surface area contributed by atoms with Gasteiger partial charge in [0.2, 0.25) is 0 Å². The predicted octanol–water partition coefficient (Wildman–Crippen LogP) is 4.92.